The number of nitrogens with zero attached hydrogens (tertiary/aromatic N) is 1. The van der Waals surface area contributed by atoms with Crippen molar-refractivity contribution in [2.24, 2.45) is 0 Å². The molecule has 0 radical (unpaired) electrons. The van der Waals surface area contributed by atoms with Crippen LogP contribution in [-0.2, 0) is 4.74 Å². The van der Waals surface area contributed by atoms with Crippen molar-refractivity contribution < 1.29 is 28.5 Å². The molecule has 190 valence electrons. The summed E-state index contributed by atoms with van der Waals surface area (Å²) in [7, 11) is 4.62. The zero-order valence-electron chi connectivity index (χ0n) is 21.4. The molecule has 0 aliphatic heterocycles. The minimum Gasteiger partial charge on any atom is -0.493 e. The maximum absolute atomic E-state index is 13.6. The molecule has 0 saturated heterocycles. The zero-order chi connectivity index (χ0) is 26.5. The summed E-state index contributed by atoms with van der Waals surface area (Å²) >= 11 is 0. The van der Waals surface area contributed by atoms with E-state index < -0.39 is 5.97 Å². The van der Waals surface area contributed by atoms with Gasteiger partial charge in [-0.15, -0.1) is 0 Å². The lowest BCUT2D eigenvalue weighted by molar-refractivity contribution is 0.0526. The number of amides is 1. The largest absolute Gasteiger partial charge is 0.493 e. The van der Waals surface area contributed by atoms with Crippen molar-refractivity contribution in [2.75, 3.05) is 33.3 Å². The van der Waals surface area contributed by atoms with E-state index in [1.54, 1.807) is 63.6 Å². The van der Waals surface area contributed by atoms with Gasteiger partial charge < -0.3 is 24.3 Å². The number of rotatable bonds is 8. The first-order valence-electron chi connectivity index (χ1n) is 11.7. The number of aryl methyl sites for hydroxylation is 1. The third-order valence-electron chi connectivity index (χ3n) is 5.80. The molecule has 0 saturated carbocycles. The van der Waals surface area contributed by atoms with Crippen molar-refractivity contribution in [3.8, 4) is 28.5 Å². The second kappa shape index (κ2) is 11.0. The van der Waals surface area contributed by atoms with Gasteiger partial charge in [-0.25, -0.2) is 9.78 Å². The number of methoxy groups -OCH3 is 3. The third-order valence-corrected chi connectivity index (χ3v) is 5.80. The van der Waals surface area contributed by atoms with Crippen LogP contribution in [0.25, 0.3) is 22.2 Å². The molecule has 0 aliphatic rings. The normalized spacial score (nSPS) is 10.6. The van der Waals surface area contributed by atoms with Gasteiger partial charge in [-0.2, -0.15) is 0 Å². The number of hydrogen-bond donors (Lipinski definition) is 1. The Hall–Kier alpha value is -4.59. The molecule has 0 fully saturated rings. The molecule has 37 heavy (non-hydrogen) atoms. The van der Waals surface area contributed by atoms with Gasteiger partial charge in [0.2, 0.25) is 5.75 Å². The average molecular weight is 501 g/mol. The maximum Gasteiger partial charge on any atom is 0.338 e. The Morgan fingerprint density at radius 3 is 2.27 bits per heavy atom. The maximum atomic E-state index is 13.6. The van der Waals surface area contributed by atoms with Gasteiger partial charge in [-0.3, -0.25) is 4.79 Å². The van der Waals surface area contributed by atoms with Crippen LogP contribution in [0.1, 0.15) is 33.2 Å². The predicted molar refractivity (Wildman–Crippen MR) is 142 cm³/mol. The van der Waals surface area contributed by atoms with E-state index in [0.717, 1.165) is 5.56 Å². The SMILES string of the molecule is CCOC(=O)c1cccc(NC(=O)c2cc(-c3cc(OC)c(OC)c(OC)c3)nc3ccc(C)cc23)c1. The van der Waals surface area contributed by atoms with Gasteiger partial charge in [-0.05, 0) is 62.4 Å². The molecule has 0 spiro atoms. The Kier molecular flexibility index (Phi) is 7.57. The summed E-state index contributed by atoms with van der Waals surface area (Å²) in [5.74, 6) is 0.624. The smallest absolute Gasteiger partial charge is 0.338 e. The van der Waals surface area contributed by atoms with Gasteiger partial charge in [0, 0.05) is 16.6 Å². The van der Waals surface area contributed by atoms with E-state index in [4.69, 9.17) is 23.9 Å². The molecule has 1 aromatic heterocycles. The Morgan fingerprint density at radius 1 is 0.892 bits per heavy atom. The molecule has 8 nitrogen and oxygen atoms in total. The highest BCUT2D eigenvalue weighted by Gasteiger charge is 2.19. The molecule has 0 atom stereocenters. The molecule has 1 N–H and O–H groups in total. The molecule has 0 bridgehead atoms. The number of benzene rings is 3. The van der Waals surface area contributed by atoms with E-state index in [-0.39, 0.29) is 12.5 Å². The lowest BCUT2D eigenvalue weighted by atomic mass is 10.0. The standard InChI is InChI=1S/C29H28N2O6/c1-6-37-29(33)18-8-7-9-20(13-18)30-28(32)22-16-24(31-23-11-10-17(2)12-21(22)23)19-14-25(34-3)27(36-5)26(15-19)35-4/h7-16H,6H2,1-5H3,(H,30,32). The average Bonchev–Trinajstić information content (AvgIpc) is 2.91. The van der Waals surface area contributed by atoms with Gasteiger partial charge in [0.1, 0.15) is 0 Å². The topological polar surface area (TPSA) is 96.0 Å². The first kappa shape index (κ1) is 25.5. The number of esters is 1. The summed E-state index contributed by atoms with van der Waals surface area (Å²) in [5, 5.41) is 3.61. The fourth-order valence-corrected chi connectivity index (χ4v) is 4.04. The van der Waals surface area contributed by atoms with Gasteiger partial charge in [0.25, 0.3) is 5.91 Å². The van der Waals surface area contributed by atoms with Gasteiger partial charge in [0.05, 0.1) is 50.3 Å². The molecule has 8 heteroatoms. The summed E-state index contributed by atoms with van der Waals surface area (Å²) < 4.78 is 21.5. The predicted octanol–water partition coefficient (Wildman–Crippen LogP) is 5.67. The molecule has 3 aromatic carbocycles. The van der Waals surface area contributed by atoms with Crippen LogP contribution in [0.4, 0.5) is 5.69 Å². The van der Waals surface area contributed by atoms with E-state index in [2.05, 4.69) is 5.32 Å². The Labute approximate surface area is 215 Å². The lowest BCUT2D eigenvalue weighted by Crippen LogP contribution is -2.14. The van der Waals surface area contributed by atoms with Crippen molar-refractivity contribution in [1.82, 2.24) is 4.98 Å². The van der Waals surface area contributed by atoms with E-state index in [0.29, 0.717) is 56.2 Å². The van der Waals surface area contributed by atoms with E-state index in [9.17, 15) is 9.59 Å². The molecular weight excluding hydrogens is 472 g/mol. The van der Waals surface area contributed by atoms with Crippen LogP contribution >= 0.6 is 0 Å². The molecule has 4 aromatic rings. The van der Waals surface area contributed by atoms with Crippen molar-refractivity contribution in [1.29, 1.82) is 0 Å². The number of hydrogen-bond acceptors (Lipinski definition) is 7. The summed E-state index contributed by atoms with van der Waals surface area (Å²) in [5.41, 5.74) is 4.15. The van der Waals surface area contributed by atoms with Crippen LogP contribution in [0.15, 0.2) is 60.7 Å². The van der Waals surface area contributed by atoms with Crippen molar-refractivity contribution >= 4 is 28.5 Å². The number of anilines is 1. The first-order valence-corrected chi connectivity index (χ1v) is 11.7. The Balaban J connectivity index is 1.81. The zero-order valence-corrected chi connectivity index (χ0v) is 21.4. The highest BCUT2D eigenvalue weighted by molar-refractivity contribution is 6.13. The van der Waals surface area contributed by atoms with E-state index in [1.165, 1.54) is 7.11 Å². The van der Waals surface area contributed by atoms with Crippen LogP contribution in [0, 0.1) is 6.92 Å². The van der Waals surface area contributed by atoms with Gasteiger partial charge >= 0.3 is 5.97 Å². The van der Waals surface area contributed by atoms with E-state index >= 15 is 0 Å². The van der Waals surface area contributed by atoms with Crippen molar-refractivity contribution in [3.63, 3.8) is 0 Å². The van der Waals surface area contributed by atoms with Crippen LogP contribution in [-0.4, -0.2) is 44.8 Å². The summed E-state index contributed by atoms with van der Waals surface area (Å²) in [6.07, 6.45) is 0. The molecule has 1 amide bonds. The number of carbonyl (C=O) groups is 2. The number of aromatic nitrogens is 1. The summed E-state index contributed by atoms with van der Waals surface area (Å²) in [6.45, 7) is 3.96. The van der Waals surface area contributed by atoms with Gasteiger partial charge in [-0.1, -0.05) is 17.7 Å². The van der Waals surface area contributed by atoms with Gasteiger partial charge in [0.15, 0.2) is 11.5 Å². The fourth-order valence-electron chi connectivity index (χ4n) is 4.04. The minimum atomic E-state index is -0.451. The Bertz CT molecular complexity index is 1460. The number of nitrogens with one attached hydrogen (secondary N) is 1. The second-order valence-corrected chi connectivity index (χ2v) is 8.25. The quantitative estimate of drug-likeness (QED) is 0.312. The molecule has 0 unspecified atom stereocenters. The highest BCUT2D eigenvalue weighted by Crippen LogP contribution is 2.41. The second-order valence-electron chi connectivity index (χ2n) is 8.25. The number of pyridine rings is 1. The molecule has 1 heterocycles. The summed E-state index contributed by atoms with van der Waals surface area (Å²) in [4.78, 5) is 30.5. The first-order chi connectivity index (χ1) is 17.9. The lowest BCUT2D eigenvalue weighted by Gasteiger charge is -2.15. The summed E-state index contributed by atoms with van der Waals surface area (Å²) in [6, 6.07) is 17.7. The van der Waals surface area contributed by atoms with Crippen molar-refractivity contribution in [3.05, 3.63) is 77.4 Å². The van der Waals surface area contributed by atoms with Crippen LogP contribution in [0.2, 0.25) is 0 Å². The van der Waals surface area contributed by atoms with Crippen molar-refractivity contribution in [2.45, 2.75) is 13.8 Å². The minimum absolute atomic E-state index is 0.265. The molecule has 4 rings (SSSR count). The number of fused-ring (bicyclic) bond motifs is 1. The van der Waals surface area contributed by atoms with Crippen LogP contribution in [0.3, 0.4) is 0 Å². The fraction of sp³-hybridized carbons (Fsp3) is 0.207. The molecule has 0 aliphatic carbocycles. The monoisotopic (exact) mass is 500 g/mol. The number of ether oxygens (including phenoxy) is 4. The van der Waals surface area contributed by atoms with E-state index in [1.807, 2.05) is 25.1 Å². The van der Waals surface area contributed by atoms with Crippen LogP contribution < -0.4 is 19.5 Å². The van der Waals surface area contributed by atoms with Crippen LogP contribution in [0.5, 0.6) is 17.2 Å². The highest BCUT2D eigenvalue weighted by atomic mass is 16.5. The molecular formula is C29H28N2O6. The Morgan fingerprint density at radius 2 is 1.62 bits per heavy atom. The number of carbonyl (C=O) groups excluding carboxylic acids is 2. The third kappa shape index (κ3) is 5.33.